The molecule has 4 heteroatoms. The molecule has 1 aromatic rings. The van der Waals surface area contributed by atoms with E-state index in [1.54, 1.807) is 0 Å². The normalized spacial score (nSPS) is 15.4. The minimum atomic E-state index is 0. The largest absolute Gasteiger partial charge is 0.312 e. The van der Waals surface area contributed by atoms with E-state index in [9.17, 15) is 0 Å². The van der Waals surface area contributed by atoms with Crippen LogP contribution in [0.3, 0.4) is 0 Å². The second-order valence-corrected chi connectivity index (χ2v) is 2.67. The van der Waals surface area contributed by atoms with Crippen LogP contribution in [0.15, 0.2) is 6.20 Å². The van der Waals surface area contributed by atoms with Crippen LogP contribution in [-0.4, -0.2) is 16.3 Å². The monoisotopic (exact) mass is 173 g/mol. The van der Waals surface area contributed by atoms with Gasteiger partial charge >= 0.3 is 0 Å². The lowest BCUT2D eigenvalue weighted by Crippen LogP contribution is -2.24. The molecule has 1 N–H and O–H groups in total. The molecule has 0 saturated carbocycles. The van der Waals surface area contributed by atoms with Crippen molar-refractivity contribution in [3.8, 4) is 0 Å². The Morgan fingerprint density at radius 1 is 1.64 bits per heavy atom. The van der Waals surface area contributed by atoms with Crippen molar-refractivity contribution < 1.29 is 0 Å². The highest BCUT2D eigenvalue weighted by atomic mass is 35.5. The summed E-state index contributed by atoms with van der Waals surface area (Å²) in [6.45, 7) is 2.08. The Morgan fingerprint density at radius 3 is 3.18 bits per heavy atom. The molecule has 62 valence electrons. The van der Waals surface area contributed by atoms with Crippen LogP contribution in [0.2, 0.25) is 0 Å². The second kappa shape index (κ2) is 3.24. The number of nitrogens with one attached hydrogen (secondary N) is 1. The van der Waals surface area contributed by atoms with Crippen molar-refractivity contribution in [3.05, 3.63) is 17.5 Å². The molecule has 2 heterocycles. The lowest BCUT2D eigenvalue weighted by atomic mass is 10.1. The molecule has 0 spiro atoms. The van der Waals surface area contributed by atoms with E-state index in [2.05, 4.69) is 10.4 Å². The van der Waals surface area contributed by atoms with Crippen LogP contribution in [0.1, 0.15) is 11.3 Å². The Morgan fingerprint density at radius 2 is 2.45 bits per heavy atom. The molecule has 0 atom stereocenters. The molecular weight excluding hydrogens is 162 g/mol. The molecule has 3 nitrogen and oxygen atoms in total. The van der Waals surface area contributed by atoms with E-state index in [-0.39, 0.29) is 12.4 Å². The Bertz CT molecular complexity index is 244. The van der Waals surface area contributed by atoms with Crippen LogP contribution in [0.25, 0.3) is 0 Å². The number of fused-ring (bicyclic) bond motifs is 1. The van der Waals surface area contributed by atoms with E-state index >= 15 is 0 Å². The molecule has 2 rings (SSSR count). The van der Waals surface area contributed by atoms with Crippen LogP contribution >= 0.6 is 12.4 Å². The molecule has 1 aliphatic heterocycles. The number of nitrogens with zero attached hydrogens (tertiary/aromatic N) is 2. The molecule has 0 radical (unpaired) electrons. The molecule has 11 heavy (non-hydrogen) atoms. The highest BCUT2D eigenvalue weighted by Gasteiger charge is 2.11. The first-order valence-corrected chi connectivity index (χ1v) is 3.58. The van der Waals surface area contributed by atoms with Gasteiger partial charge in [0.05, 0.1) is 6.20 Å². The summed E-state index contributed by atoms with van der Waals surface area (Å²) in [5.41, 5.74) is 2.74. The Kier molecular flexibility index (Phi) is 2.52. The number of aromatic nitrogens is 2. The summed E-state index contributed by atoms with van der Waals surface area (Å²) < 4.78 is 1.97. The zero-order valence-corrected chi connectivity index (χ0v) is 7.32. The molecular formula is C7H12ClN3. The first-order chi connectivity index (χ1) is 4.88. The van der Waals surface area contributed by atoms with Crippen LogP contribution in [-0.2, 0) is 20.0 Å². The van der Waals surface area contributed by atoms with Gasteiger partial charge in [-0.3, -0.25) is 4.68 Å². The minimum absolute atomic E-state index is 0. The molecule has 0 fully saturated rings. The Labute approximate surface area is 72.2 Å². The summed E-state index contributed by atoms with van der Waals surface area (Å²) in [5, 5.41) is 7.48. The first kappa shape index (κ1) is 8.56. The SMILES string of the molecule is Cl.Cn1ncc2c1CCNC2. The zero-order chi connectivity index (χ0) is 6.97. The van der Waals surface area contributed by atoms with Gasteiger partial charge in [0, 0.05) is 37.8 Å². The third-order valence-corrected chi connectivity index (χ3v) is 2.00. The predicted octanol–water partition coefficient (Wildman–Crippen LogP) is 0.488. The first-order valence-electron chi connectivity index (χ1n) is 3.58. The number of hydrogen-bond donors (Lipinski definition) is 1. The summed E-state index contributed by atoms with van der Waals surface area (Å²) in [6, 6.07) is 0. The van der Waals surface area contributed by atoms with Crippen LogP contribution in [0, 0.1) is 0 Å². The Hall–Kier alpha value is -0.540. The molecule has 1 aliphatic rings. The van der Waals surface area contributed by atoms with Crippen molar-refractivity contribution in [1.82, 2.24) is 15.1 Å². The molecule has 0 amide bonds. The van der Waals surface area contributed by atoms with Gasteiger partial charge < -0.3 is 5.32 Å². The van der Waals surface area contributed by atoms with Gasteiger partial charge in [-0.2, -0.15) is 5.10 Å². The molecule has 1 aromatic heterocycles. The smallest absolute Gasteiger partial charge is 0.0537 e. The summed E-state index contributed by atoms with van der Waals surface area (Å²) >= 11 is 0. The second-order valence-electron chi connectivity index (χ2n) is 2.67. The fourth-order valence-electron chi connectivity index (χ4n) is 1.41. The molecule has 0 saturated heterocycles. The highest BCUT2D eigenvalue weighted by molar-refractivity contribution is 5.85. The fraction of sp³-hybridized carbons (Fsp3) is 0.571. The van der Waals surface area contributed by atoms with Crippen molar-refractivity contribution in [2.24, 2.45) is 7.05 Å². The van der Waals surface area contributed by atoms with Gasteiger partial charge in [0.25, 0.3) is 0 Å². The maximum atomic E-state index is 4.17. The van der Waals surface area contributed by atoms with E-state index in [0.717, 1.165) is 19.5 Å². The molecule has 0 unspecified atom stereocenters. The van der Waals surface area contributed by atoms with E-state index in [0.29, 0.717) is 0 Å². The summed E-state index contributed by atoms with van der Waals surface area (Å²) in [6.07, 6.45) is 3.06. The van der Waals surface area contributed by atoms with E-state index < -0.39 is 0 Å². The average Bonchev–Trinajstić information content (AvgIpc) is 2.34. The van der Waals surface area contributed by atoms with Crippen LogP contribution in [0.4, 0.5) is 0 Å². The predicted molar refractivity (Wildman–Crippen MR) is 45.9 cm³/mol. The zero-order valence-electron chi connectivity index (χ0n) is 6.50. The minimum Gasteiger partial charge on any atom is -0.312 e. The van der Waals surface area contributed by atoms with Crippen molar-refractivity contribution in [1.29, 1.82) is 0 Å². The molecule has 0 aliphatic carbocycles. The summed E-state index contributed by atoms with van der Waals surface area (Å²) in [5.74, 6) is 0. The van der Waals surface area contributed by atoms with Crippen molar-refractivity contribution >= 4 is 12.4 Å². The fourth-order valence-corrected chi connectivity index (χ4v) is 1.41. The van der Waals surface area contributed by atoms with Gasteiger partial charge in [-0.15, -0.1) is 12.4 Å². The van der Waals surface area contributed by atoms with Crippen molar-refractivity contribution in [2.75, 3.05) is 6.54 Å². The van der Waals surface area contributed by atoms with Gasteiger partial charge in [0.15, 0.2) is 0 Å². The van der Waals surface area contributed by atoms with Gasteiger partial charge in [0.1, 0.15) is 0 Å². The standard InChI is InChI=1S/C7H11N3.ClH/c1-10-7-2-3-8-4-6(7)5-9-10;/h5,8H,2-4H2,1H3;1H. The van der Waals surface area contributed by atoms with E-state index in [4.69, 9.17) is 0 Å². The van der Waals surface area contributed by atoms with Crippen LogP contribution in [0.5, 0.6) is 0 Å². The summed E-state index contributed by atoms with van der Waals surface area (Å²) in [7, 11) is 2.00. The maximum Gasteiger partial charge on any atom is 0.0537 e. The Balaban J connectivity index is 0.000000605. The lowest BCUT2D eigenvalue weighted by Gasteiger charge is -2.12. The molecule has 0 bridgehead atoms. The highest BCUT2D eigenvalue weighted by Crippen LogP contribution is 2.10. The van der Waals surface area contributed by atoms with Gasteiger partial charge in [-0.1, -0.05) is 0 Å². The van der Waals surface area contributed by atoms with Crippen LogP contribution < -0.4 is 5.32 Å². The van der Waals surface area contributed by atoms with Crippen molar-refractivity contribution in [2.45, 2.75) is 13.0 Å². The maximum absolute atomic E-state index is 4.17. The number of hydrogen-bond acceptors (Lipinski definition) is 2. The third kappa shape index (κ3) is 1.39. The van der Waals surface area contributed by atoms with Crippen molar-refractivity contribution in [3.63, 3.8) is 0 Å². The number of rotatable bonds is 0. The van der Waals surface area contributed by atoms with Gasteiger partial charge in [0.2, 0.25) is 0 Å². The van der Waals surface area contributed by atoms with Gasteiger partial charge in [-0.05, 0) is 0 Å². The summed E-state index contributed by atoms with van der Waals surface area (Å²) in [4.78, 5) is 0. The van der Waals surface area contributed by atoms with Gasteiger partial charge in [-0.25, -0.2) is 0 Å². The average molecular weight is 174 g/mol. The number of aryl methyl sites for hydroxylation is 1. The topological polar surface area (TPSA) is 29.9 Å². The molecule has 0 aromatic carbocycles. The van der Waals surface area contributed by atoms with E-state index in [1.165, 1.54) is 11.3 Å². The number of halogens is 1. The van der Waals surface area contributed by atoms with E-state index in [1.807, 2.05) is 17.9 Å². The third-order valence-electron chi connectivity index (χ3n) is 2.00. The quantitative estimate of drug-likeness (QED) is 0.619. The lowest BCUT2D eigenvalue weighted by molar-refractivity contribution is 0.604.